The molecule has 0 spiro atoms. The van der Waals surface area contributed by atoms with Crippen LogP contribution in [0.15, 0.2) is 12.1 Å². The number of carboxylic acid groups (broad SMARTS) is 1. The number of amides is 1. The number of hydrogen-bond donors (Lipinski definition) is 2. The summed E-state index contributed by atoms with van der Waals surface area (Å²) in [6.45, 7) is 1.97. The Balaban J connectivity index is 2.39. The number of carboxylic acids is 1. The van der Waals surface area contributed by atoms with Gasteiger partial charge in [0.2, 0.25) is 5.91 Å². The van der Waals surface area contributed by atoms with Gasteiger partial charge >= 0.3 is 5.97 Å². The summed E-state index contributed by atoms with van der Waals surface area (Å²) < 4.78 is 0.684. The normalized spacial score (nSPS) is 12.2. The number of halogens is 1. The number of nitrogens with zero attached hydrogens (tertiary/aromatic N) is 1. The van der Waals surface area contributed by atoms with E-state index in [2.05, 4.69) is 5.32 Å². The van der Waals surface area contributed by atoms with Crippen LogP contribution < -0.4 is 5.32 Å². The first kappa shape index (κ1) is 14.9. The average Bonchev–Trinajstić information content (AvgIpc) is 2.70. The van der Waals surface area contributed by atoms with Crippen molar-refractivity contribution in [3.8, 4) is 0 Å². The van der Waals surface area contributed by atoms with Crippen molar-refractivity contribution in [1.82, 2.24) is 10.2 Å². The van der Waals surface area contributed by atoms with E-state index in [9.17, 15) is 9.59 Å². The molecule has 1 aromatic rings. The molecule has 0 bridgehead atoms. The van der Waals surface area contributed by atoms with Crippen molar-refractivity contribution in [1.29, 1.82) is 0 Å². The lowest BCUT2D eigenvalue weighted by molar-refractivity contribution is -0.139. The first-order valence-electron chi connectivity index (χ1n) is 5.34. The lowest BCUT2D eigenvalue weighted by Crippen LogP contribution is -2.41. The van der Waals surface area contributed by atoms with E-state index in [1.165, 1.54) is 23.2 Å². The lowest BCUT2D eigenvalue weighted by Gasteiger charge is -2.17. The molecule has 7 heteroatoms. The van der Waals surface area contributed by atoms with Crippen molar-refractivity contribution < 1.29 is 14.7 Å². The highest BCUT2D eigenvalue weighted by Crippen LogP contribution is 2.22. The number of thiophene rings is 1. The minimum Gasteiger partial charge on any atom is -0.480 e. The summed E-state index contributed by atoms with van der Waals surface area (Å²) in [6.07, 6.45) is 0. The van der Waals surface area contributed by atoms with Gasteiger partial charge in [-0.2, -0.15) is 0 Å². The molecule has 1 amide bonds. The van der Waals surface area contributed by atoms with E-state index in [1.54, 1.807) is 13.1 Å². The molecule has 1 atom stereocenters. The van der Waals surface area contributed by atoms with Crippen LogP contribution in [0.3, 0.4) is 0 Å². The van der Waals surface area contributed by atoms with E-state index in [0.29, 0.717) is 10.9 Å². The predicted molar refractivity (Wildman–Crippen MR) is 70.9 cm³/mol. The fraction of sp³-hybridized carbons (Fsp3) is 0.455. The van der Waals surface area contributed by atoms with Crippen LogP contribution in [0.2, 0.25) is 4.34 Å². The van der Waals surface area contributed by atoms with Crippen LogP contribution in [0.4, 0.5) is 0 Å². The molecule has 0 fully saturated rings. The van der Waals surface area contributed by atoms with E-state index in [4.69, 9.17) is 16.7 Å². The maximum Gasteiger partial charge on any atom is 0.320 e. The molecule has 18 heavy (non-hydrogen) atoms. The number of carbonyl (C=O) groups is 2. The van der Waals surface area contributed by atoms with Crippen LogP contribution in [0.25, 0.3) is 0 Å². The van der Waals surface area contributed by atoms with Gasteiger partial charge in [0.15, 0.2) is 0 Å². The minimum atomic E-state index is -0.976. The van der Waals surface area contributed by atoms with Crippen molar-refractivity contribution in [2.75, 3.05) is 13.6 Å². The molecular weight excluding hydrogens is 276 g/mol. The smallest absolute Gasteiger partial charge is 0.320 e. The van der Waals surface area contributed by atoms with Gasteiger partial charge in [0.1, 0.15) is 6.04 Å². The lowest BCUT2D eigenvalue weighted by atomic mass is 10.3. The molecule has 1 heterocycles. The summed E-state index contributed by atoms with van der Waals surface area (Å²) in [4.78, 5) is 24.8. The van der Waals surface area contributed by atoms with Crippen LogP contribution in [-0.2, 0) is 16.1 Å². The number of likely N-dealkylation sites (N-methyl/N-ethyl adjacent to an activating group) is 1. The Kier molecular flexibility index (Phi) is 5.58. The first-order valence-corrected chi connectivity index (χ1v) is 6.54. The second kappa shape index (κ2) is 6.72. The van der Waals surface area contributed by atoms with Gasteiger partial charge in [-0.05, 0) is 19.1 Å². The highest BCUT2D eigenvalue weighted by Gasteiger charge is 2.14. The third kappa shape index (κ3) is 4.64. The topological polar surface area (TPSA) is 69.6 Å². The monoisotopic (exact) mass is 290 g/mol. The van der Waals surface area contributed by atoms with E-state index in [1.807, 2.05) is 6.07 Å². The molecule has 0 saturated carbocycles. The van der Waals surface area contributed by atoms with Gasteiger partial charge in [0.25, 0.3) is 0 Å². The maximum absolute atomic E-state index is 11.7. The van der Waals surface area contributed by atoms with Crippen LogP contribution in [-0.4, -0.2) is 41.5 Å². The molecule has 1 aromatic heterocycles. The summed E-state index contributed by atoms with van der Waals surface area (Å²) in [5.74, 6) is -1.14. The first-order chi connectivity index (χ1) is 8.40. The van der Waals surface area contributed by atoms with E-state index in [0.717, 1.165) is 4.88 Å². The number of rotatable bonds is 6. The zero-order valence-electron chi connectivity index (χ0n) is 10.1. The summed E-state index contributed by atoms with van der Waals surface area (Å²) in [5, 5.41) is 11.3. The SMILES string of the molecule is C[C@H](NCC(=O)N(C)Cc1ccc(Cl)s1)C(=O)O. The molecule has 1 rings (SSSR count). The van der Waals surface area contributed by atoms with Crippen LogP contribution in [0.1, 0.15) is 11.8 Å². The van der Waals surface area contributed by atoms with Gasteiger partial charge in [-0.1, -0.05) is 11.6 Å². The van der Waals surface area contributed by atoms with Crippen molar-refractivity contribution in [3.63, 3.8) is 0 Å². The Bertz CT molecular complexity index is 436. The number of aliphatic carboxylic acids is 1. The van der Waals surface area contributed by atoms with Crippen molar-refractivity contribution in [3.05, 3.63) is 21.3 Å². The molecule has 0 saturated heterocycles. The van der Waals surface area contributed by atoms with Crippen LogP contribution in [0, 0.1) is 0 Å². The largest absolute Gasteiger partial charge is 0.480 e. The van der Waals surface area contributed by atoms with Crippen LogP contribution >= 0.6 is 22.9 Å². The van der Waals surface area contributed by atoms with Gasteiger partial charge in [-0.3, -0.25) is 14.9 Å². The zero-order valence-corrected chi connectivity index (χ0v) is 11.7. The molecule has 0 aliphatic rings. The fourth-order valence-electron chi connectivity index (χ4n) is 1.22. The Hall–Kier alpha value is -1.11. The van der Waals surface area contributed by atoms with Crippen molar-refractivity contribution in [2.45, 2.75) is 19.5 Å². The maximum atomic E-state index is 11.7. The Morgan fingerprint density at radius 1 is 1.56 bits per heavy atom. The number of carbonyl (C=O) groups excluding carboxylic acids is 1. The Labute approximate surface area is 114 Å². The molecule has 0 aromatic carbocycles. The second-order valence-electron chi connectivity index (χ2n) is 3.90. The summed E-state index contributed by atoms with van der Waals surface area (Å²) >= 11 is 7.22. The quantitative estimate of drug-likeness (QED) is 0.831. The van der Waals surface area contributed by atoms with Gasteiger partial charge in [0.05, 0.1) is 17.4 Å². The van der Waals surface area contributed by atoms with Gasteiger partial charge < -0.3 is 10.0 Å². The molecule has 0 aliphatic carbocycles. The molecular formula is C11H15ClN2O3S. The van der Waals surface area contributed by atoms with Crippen molar-refractivity contribution in [2.24, 2.45) is 0 Å². The Morgan fingerprint density at radius 3 is 2.72 bits per heavy atom. The molecule has 0 unspecified atom stereocenters. The standard InChI is InChI=1S/C11H15ClN2O3S/c1-7(11(16)17)13-5-10(15)14(2)6-8-3-4-9(12)18-8/h3-4,7,13H,5-6H2,1-2H3,(H,16,17)/t7-/m0/s1. The average molecular weight is 291 g/mol. The highest BCUT2D eigenvalue weighted by molar-refractivity contribution is 7.16. The van der Waals surface area contributed by atoms with E-state index in [-0.39, 0.29) is 12.5 Å². The van der Waals surface area contributed by atoms with Gasteiger partial charge in [-0.15, -0.1) is 11.3 Å². The van der Waals surface area contributed by atoms with Gasteiger partial charge in [0, 0.05) is 11.9 Å². The van der Waals surface area contributed by atoms with Gasteiger partial charge in [-0.25, -0.2) is 0 Å². The van der Waals surface area contributed by atoms with E-state index < -0.39 is 12.0 Å². The summed E-state index contributed by atoms with van der Waals surface area (Å²) in [6, 6.07) is 2.91. The van der Waals surface area contributed by atoms with E-state index >= 15 is 0 Å². The minimum absolute atomic E-state index is 0.00305. The molecule has 0 radical (unpaired) electrons. The van der Waals surface area contributed by atoms with Crippen molar-refractivity contribution >= 4 is 34.8 Å². The molecule has 5 nitrogen and oxygen atoms in total. The third-order valence-corrected chi connectivity index (χ3v) is 3.59. The van der Waals surface area contributed by atoms with Crippen LogP contribution in [0.5, 0.6) is 0 Å². The molecule has 100 valence electrons. The summed E-state index contributed by atoms with van der Waals surface area (Å²) in [5.41, 5.74) is 0. The fourth-order valence-corrected chi connectivity index (χ4v) is 2.36. The molecule has 0 aliphatic heterocycles. The zero-order chi connectivity index (χ0) is 13.7. The number of hydrogen-bond acceptors (Lipinski definition) is 4. The molecule has 2 N–H and O–H groups in total. The summed E-state index contributed by atoms with van der Waals surface area (Å²) in [7, 11) is 1.67. The second-order valence-corrected chi connectivity index (χ2v) is 5.70. The number of nitrogens with one attached hydrogen (secondary N) is 1. The Morgan fingerprint density at radius 2 is 2.22 bits per heavy atom. The highest BCUT2D eigenvalue weighted by atomic mass is 35.5. The predicted octanol–water partition coefficient (Wildman–Crippen LogP) is 1.42. The third-order valence-electron chi connectivity index (χ3n) is 2.38.